The van der Waals surface area contributed by atoms with Crippen molar-refractivity contribution in [1.29, 1.82) is 0 Å². The Bertz CT molecular complexity index is 846. The number of rotatable bonds is 9. The van der Waals surface area contributed by atoms with Gasteiger partial charge in [0.25, 0.3) is 0 Å². The Labute approximate surface area is 213 Å². The molecular weight excluding hydrogens is 494 g/mol. The van der Waals surface area contributed by atoms with Crippen molar-refractivity contribution in [2.75, 3.05) is 31.5 Å². The molecule has 1 N–H and O–H groups in total. The van der Waals surface area contributed by atoms with Crippen LogP contribution in [-0.2, 0) is 47.1 Å². The van der Waals surface area contributed by atoms with E-state index in [-0.39, 0.29) is 23.0 Å². The number of carbonyl (C=O) groups is 1. The van der Waals surface area contributed by atoms with Gasteiger partial charge in [0.05, 0.1) is 5.71 Å². The molecule has 0 saturated heterocycles. The van der Waals surface area contributed by atoms with Gasteiger partial charge in [-0.1, -0.05) is 12.1 Å². The Kier molecular flexibility index (Phi) is 14.7. The van der Waals surface area contributed by atoms with Crippen LogP contribution in [0.2, 0.25) is 0 Å². The first kappa shape index (κ1) is 29.9. The summed E-state index contributed by atoms with van der Waals surface area (Å²) in [6.45, 7) is 14.3. The Morgan fingerprint density at radius 2 is 1.25 bits per heavy atom. The van der Waals surface area contributed by atoms with Crippen LogP contribution in [0.1, 0.15) is 47.1 Å². The van der Waals surface area contributed by atoms with E-state index in [9.17, 15) is 4.79 Å². The second-order valence-corrected chi connectivity index (χ2v) is 7.23. The van der Waals surface area contributed by atoms with Crippen LogP contribution in [-0.4, -0.2) is 63.6 Å². The van der Waals surface area contributed by atoms with Gasteiger partial charge in [-0.3, -0.25) is 4.79 Å². The molecule has 0 heterocycles. The summed E-state index contributed by atoms with van der Waals surface area (Å²) < 4.78 is 0. The SMILES string of the molecule is CCN(CC)C([S-])=NN=C(C)C(=NN=C([S-])N(CC)CC)c1ccc(NC(C)=O)cc1.[Cu+2]. The molecule has 1 amide bonds. The van der Waals surface area contributed by atoms with Gasteiger partial charge in [-0.15, -0.1) is 5.10 Å². The molecule has 179 valence electrons. The van der Waals surface area contributed by atoms with E-state index in [2.05, 4.69) is 25.7 Å². The first-order chi connectivity index (χ1) is 14.8. The third-order valence-electron chi connectivity index (χ3n) is 4.41. The van der Waals surface area contributed by atoms with Gasteiger partial charge in [-0.2, -0.15) is 15.3 Å². The van der Waals surface area contributed by atoms with Crippen LogP contribution in [0.5, 0.6) is 0 Å². The quantitative estimate of drug-likeness (QED) is 0.176. The zero-order valence-corrected chi connectivity index (χ0v) is 21.9. The molecule has 0 atom stereocenters. The molecule has 8 nitrogen and oxygen atoms in total. The van der Waals surface area contributed by atoms with Gasteiger partial charge in [-0.25, -0.2) is 0 Å². The van der Waals surface area contributed by atoms with Crippen molar-refractivity contribution in [3.63, 3.8) is 0 Å². The average Bonchev–Trinajstić information content (AvgIpc) is 2.74. The minimum atomic E-state index is -0.136. The van der Waals surface area contributed by atoms with E-state index >= 15 is 0 Å². The molecule has 1 rings (SSSR count). The maximum absolute atomic E-state index is 11.3. The summed E-state index contributed by atoms with van der Waals surface area (Å²) in [5, 5.41) is 20.7. The van der Waals surface area contributed by atoms with Gasteiger partial charge in [0.1, 0.15) is 5.71 Å². The number of hydrogen-bond acceptors (Lipinski definition) is 7. The van der Waals surface area contributed by atoms with Gasteiger partial charge in [0.2, 0.25) is 5.91 Å². The summed E-state index contributed by atoms with van der Waals surface area (Å²) in [5.41, 5.74) is 2.53. The maximum Gasteiger partial charge on any atom is 2.00 e. The molecule has 0 bridgehead atoms. The molecular formula is C21H31CuN7OS2. The topological polar surface area (TPSA) is 85.0 Å². The Morgan fingerprint density at radius 1 is 0.812 bits per heavy atom. The molecule has 0 saturated carbocycles. The molecule has 11 heteroatoms. The van der Waals surface area contributed by atoms with Crippen molar-refractivity contribution in [2.24, 2.45) is 20.4 Å². The van der Waals surface area contributed by atoms with Crippen molar-refractivity contribution < 1.29 is 21.9 Å². The number of anilines is 1. The van der Waals surface area contributed by atoms with Gasteiger partial charge in [0.15, 0.2) is 0 Å². The monoisotopic (exact) mass is 524 g/mol. The molecule has 1 aromatic rings. The molecule has 0 aliphatic rings. The van der Waals surface area contributed by atoms with Crippen LogP contribution < -0.4 is 5.32 Å². The summed E-state index contributed by atoms with van der Waals surface area (Å²) >= 11 is 10.7. The summed E-state index contributed by atoms with van der Waals surface area (Å²) in [7, 11) is 0. The third-order valence-corrected chi connectivity index (χ3v) is 5.09. The van der Waals surface area contributed by atoms with Gasteiger partial charge in [0, 0.05) is 54.7 Å². The number of carbonyl (C=O) groups excluding carboxylic acids is 1. The summed E-state index contributed by atoms with van der Waals surface area (Å²) in [5.74, 6) is -0.136. The first-order valence-electron chi connectivity index (χ1n) is 10.3. The fourth-order valence-corrected chi connectivity index (χ4v) is 3.22. The van der Waals surface area contributed by atoms with Crippen LogP contribution in [0.15, 0.2) is 44.7 Å². The minimum Gasteiger partial charge on any atom is -0.741 e. The zero-order chi connectivity index (χ0) is 23.4. The second kappa shape index (κ2) is 15.7. The predicted octanol–water partition coefficient (Wildman–Crippen LogP) is 3.21. The van der Waals surface area contributed by atoms with Crippen molar-refractivity contribution >= 4 is 58.6 Å². The molecule has 0 fully saturated rings. The van der Waals surface area contributed by atoms with E-state index in [1.165, 1.54) is 6.92 Å². The van der Waals surface area contributed by atoms with E-state index in [0.717, 1.165) is 31.7 Å². The van der Waals surface area contributed by atoms with Crippen molar-refractivity contribution in [3.05, 3.63) is 29.8 Å². The predicted molar refractivity (Wildman–Crippen MR) is 136 cm³/mol. The third kappa shape index (κ3) is 9.60. The van der Waals surface area contributed by atoms with Crippen LogP contribution in [0.25, 0.3) is 0 Å². The number of benzene rings is 1. The number of hydrogen-bond donors (Lipinski definition) is 1. The molecule has 0 unspecified atom stereocenters. The van der Waals surface area contributed by atoms with Crippen LogP contribution in [0.4, 0.5) is 5.69 Å². The number of amidine groups is 2. The first-order valence-corrected chi connectivity index (χ1v) is 11.1. The summed E-state index contributed by atoms with van der Waals surface area (Å²) in [6.07, 6.45) is 0. The van der Waals surface area contributed by atoms with Crippen LogP contribution >= 0.6 is 0 Å². The largest absolute Gasteiger partial charge is 2.00 e. The summed E-state index contributed by atoms with van der Waals surface area (Å²) in [6, 6.07) is 7.25. The molecule has 0 spiro atoms. The fraction of sp³-hybridized carbons (Fsp3) is 0.476. The van der Waals surface area contributed by atoms with E-state index in [4.69, 9.17) is 25.3 Å². The van der Waals surface area contributed by atoms with Crippen LogP contribution in [0, 0.1) is 0 Å². The van der Waals surface area contributed by atoms with Crippen molar-refractivity contribution in [1.82, 2.24) is 9.80 Å². The van der Waals surface area contributed by atoms with Crippen molar-refractivity contribution in [3.8, 4) is 0 Å². The second-order valence-electron chi connectivity index (χ2n) is 6.50. The Morgan fingerprint density at radius 3 is 1.66 bits per heavy atom. The van der Waals surface area contributed by atoms with E-state index in [0.29, 0.717) is 27.4 Å². The summed E-state index contributed by atoms with van der Waals surface area (Å²) in [4.78, 5) is 15.1. The minimum absolute atomic E-state index is 0. The van der Waals surface area contributed by atoms with E-state index in [1.54, 1.807) is 19.1 Å². The molecule has 0 aliphatic carbocycles. The molecule has 0 aliphatic heterocycles. The van der Waals surface area contributed by atoms with E-state index < -0.39 is 0 Å². The number of nitrogens with zero attached hydrogens (tertiary/aromatic N) is 6. The van der Waals surface area contributed by atoms with Gasteiger partial charge >= 0.3 is 17.1 Å². The number of amides is 1. The van der Waals surface area contributed by atoms with Crippen molar-refractivity contribution in [2.45, 2.75) is 41.5 Å². The smallest absolute Gasteiger partial charge is 0.741 e. The Balaban J connectivity index is 0.00000961. The van der Waals surface area contributed by atoms with E-state index in [1.807, 2.05) is 49.6 Å². The normalized spacial score (nSPS) is 12.8. The standard InChI is InChI=1S/C21H33N7OS2.Cu/c1-7-27(8-2)20(30)25-23-15(5)19(24-26-21(31)28(9-3)10-4)17-11-13-18(14-12-17)22-16(6)29;/h11-14H,7-10H2,1-6H3,(H,22,29)(H,25,30)(H,26,31);/q;+2/p-2. The zero-order valence-electron chi connectivity index (χ0n) is 19.3. The molecule has 32 heavy (non-hydrogen) atoms. The molecule has 1 radical (unpaired) electrons. The maximum atomic E-state index is 11.3. The Hall–Kier alpha value is -2.07. The average molecular weight is 525 g/mol. The molecule has 0 aromatic heterocycles. The fourth-order valence-electron chi connectivity index (χ4n) is 2.63. The molecule has 1 aromatic carbocycles. The van der Waals surface area contributed by atoms with Crippen LogP contribution in [0.3, 0.4) is 0 Å². The number of nitrogens with one attached hydrogen (secondary N) is 1. The van der Waals surface area contributed by atoms with Gasteiger partial charge < -0.3 is 40.4 Å². The van der Waals surface area contributed by atoms with Gasteiger partial charge in [-0.05, 0) is 46.8 Å².